The molecule has 0 spiro atoms. The highest BCUT2D eigenvalue weighted by molar-refractivity contribution is 7.89. The minimum Gasteiger partial charge on any atom is -0.508 e. The van der Waals surface area contributed by atoms with E-state index in [1.807, 2.05) is 6.92 Å². The van der Waals surface area contributed by atoms with Crippen LogP contribution in [0.4, 0.5) is 17.6 Å². The third kappa shape index (κ3) is 5.77. The number of primary sulfonamides is 1. The molecule has 10 nitrogen and oxygen atoms in total. The van der Waals surface area contributed by atoms with Gasteiger partial charge in [0.1, 0.15) is 5.75 Å². The van der Waals surface area contributed by atoms with Crippen molar-refractivity contribution >= 4 is 27.6 Å². The number of phenols is 1. The number of nitrogens with one attached hydrogen (secondary N) is 2. The van der Waals surface area contributed by atoms with E-state index < -0.39 is 10.0 Å². The molecule has 1 aromatic heterocycles. The Morgan fingerprint density at radius 2 is 1.66 bits per heavy atom. The lowest BCUT2D eigenvalue weighted by Gasteiger charge is -2.10. The van der Waals surface area contributed by atoms with E-state index in [0.717, 1.165) is 5.56 Å². The first kappa shape index (κ1) is 20.3. The highest BCUT2D eigenvalue weighted by Gasteiger charge is 2.09. The molecule has 1 heterocycles. The molecule has 29 heavy (non-hydrogen) atoms. The molecule has 0 saturated carbocycles. The number of ether oxygens (including phenoxy) is 1. The van der Waals surface area contributed by atoms with Crippen LogP contribution in [-0.2, 0) is 16.6 Å². The van der Waals surface area contributed by atoms with Gasteiger partial charge in [-0.05, 0) is 48.9 Å². The summed E-state index contributed by atoms with van der Waals surface area (Å²) in [6.45, 7) is 2.55. The summed E-state index contributed by atoms with van der Waals surface area (Å²) in [7, 11) is -3.73. The van der Waals surface area contributed by atoms with Crippen LogP contribution in [0.3, 0.4) is 0 Å². The SMILES string of the molecule is CCOc1nc(NCc2ccc(S(N)(=O)=O)cc2)nc(Nc2ccc(O)cc2)n1. The van der Waals surface area contributed by atoms with E-state index in [-0.39, 0.29) is 28.6 Å². The fraction of sp³-hybridized carbons (Fsp3) is 0.167. The molecule has 3 aromatic rings. The smallest absolute Gasteiger partial charge is 0.323 e. The van der Waals surface area contributed by atoms with Crippen molar-refractivity contribution in [3.8, 4) is 11.8 Å². The van der Waals surface area contributed by atoms with Crippen molar-refractivity contribution in [1.29, 1.82) is 0 Å². The molecule has 2 aromatic carbocycles. The monoisotopic (exact) mass is 416 g/mol. The summed E-state index contributed by atoms with van der Waals surface area (Å²) < 4.78 is 28.0. The van der Waals surface area contributed by atoms with Crippen LogP contribution in [-0.4, -0.2) is 35.1 Å². The van der Waals surface area contributed by atoms with Gasteiger partial charge >= 0.3 is 6.01 Å². The summed E-state index contributed by atoms with van der Waals surface area (Å²) in [5, 5.41) is 20.6. The minimum absolute atomic E-state index is 0.0421. The lowest BCUT2D eigenvalue weighted by Crippen LogP contribution is -2.12. The van der Waals surface area contributed by atoms with Crippen molar-refractivity contribution < 1.29 is 18.3 Å². The summed E-state index contributed by atoms with van der Waals surface area (Å²) in [5.74, 6) is 0.693. The molecule has 5 N–H and O–H groups in total. The second kappa shape index (κ2) is 8.71. The summed E-state index contributed by atoms with van der Waals surface area (Å²) in [4.78, 5) is 12.7. The molecule has 0 fully saturated rings. The second-order valence-electron chi connectivity index (χ2n) is 5.91. The summed E-state index contributed by atoms with van der Waals surface area (Å²) >= 11 is 0. The third-order valence-electron chi connectivity index (χ3n) is 3.71. The molecule has 0 aliphatic carbocycles. The quantitative estimate of drug-likeness (QED) is 0.404. The minimum atomic E-state index is -3.73. The van der Waals surface area contributed by atoms with Crippen molar-refractivity contribution in [3.63, 3.8) is 0 Å². The zero-order valence-electron chi connectivity index (χ0n) is 15.5. The first-order valence-corrected chi connectivity index (χ1v) is 10.2. The fourth-order valence-electron chi connectivity index (χ4n) is 2.34. The Bertz CT molecular complexity index is 1070. The number of rotatable bonds is 8. The van der Waals surface area contributed by atoms with Crippen LogP contribution in [0.15, 0.2) is 53.4 Å². The largest absolute Gasteiger partial charge is 0.508 e. The molecule has 0 radical (unpaired) electrons. The summed E-state index contributed by atoms with van der Waals surface area (Å²) in [6.07, 6.45) is 0. The lowest BCUT2D eigenvalue weighted by atomic mass is 10.2. The zero-order valence-corrected chi connectivity index (χ0v) is 16.3. The number of aromatic nitrogens is 3. The molecule has 11 heteroatoms. The highest BCUT2D eigenvalue weighted by Crippen LogP contribution is 2.19. The first-order chi connectivity index (χ1) is 13.8. The number of phenolic OH excluding ortho intramolecular Hbond substituents is 1. The topological polar surface area (TPSA) is 152 Å². The Labute approximate surface area is 167 Å². The van der Waals surface area contributed by atoms with E-state index in [2.05, 4.69) is 25.6 Å². The molecule has 0 bridgehead atoms. The molecule has 0 saturated heterocycles. The van der Waals surface area contributed by atoms with Gasteiger partial charge in [-0.1, -0.05) is 12.1 Å². The number of hydrogen-bond donors (Lipinski definition) is 4. The van der Waals surface area contributed by atoms with Crippen molar-refractivity contribution in [1.82, 2.24) is 15.0 Å². The van der Waals surface area contributed by atoms with Crippen molar-refractivity contribution in [3.05, 3.63) is 54.1 Å². The fourth-order valence-corrected chi connectivity index (χ4v) is 2.85. The van der Waals surface area contributed by atoms with Crippen molar-refractivity contribution in [2.45, 2.75) is 18.4 Å². The summed E-state index contributed by atoms with van der Waals surface area (Å²) in [5.41, 5.74) is 1.49. The number of nitrogens with two attached hydrogens (primary N) is 1. The first-order valence-electron chi connectivity index (χ1n) is 8.64. The predicted molar refractivity (Wildman–Crippen MR) is 108 cm³/mol. The van der Waals surface area contributed by atoms with Crippen molar-refractivity contribution in [2.24, 2.45) is 5.14 Å². The van der Waals surface area contributed by atoms with Crippen molar-refractivity contribution in [2.75, 3.05) is 17.2 Å². The van der Waals surface area contributed by atoms with Gasteiger partial charge in [-0.15, -0.1) is 0 Å². The van der Waals surface area contributed by atoms with Crippen LogP contribution in [0.2, 0.25) is 0 Å². The molecular weight excluding hydrogens is 396 g/mol. The number of benzene rings is 2. The molecule has 152 valence electrons. The predicted octanol–water partition coefficient (Wildman–Crippen LogP) is 1.98. The van der Waals surface area contributed by atoms with Gasteiger partial charge in [0.15, 0.2) is 0 Å². The van der Waals surface area contributed by atoms with Crippen LogP contribution in [0.25, 0.3) is 0 Å². The molecule has 0 unspecified atom stereocenters. The zero-order chi connectivity index (χ0) is 20.9. The second-order valence-corrected chi connectivity index (χ2v) is 7.47. The van der Waals surface area contributed by atoms with Gasteiger partial charge in [-0.3, -0.25) is 0 Å². The average molecular weight is 416 g/mol. The van der Waals surface area contributed by atoms with E-state index in [9.17, 15) is 13.5 Å². The maximum atomic E-state index is 11.3. The molecule has 0 atom stereocenters. The third-order valence-corrected chi connectivity index (χ3v) is 4.64. The van der Waals surface area contributed by atoms with Gasteiger partial charge in [-0.25, -0.2) is 13.6 Å². The van der Waals surface area contributed by atoms with E-state index >= 15 is 0 Å². The Kier molecular flexibility index (Phi) is 6.10. The number of sulfonamides is 1. The molecule has 0 aliphatic heterocycles. The maximum absolute atomic E-state index is 11.3. The van der Waals surface area contributed by atoms with Gasteiger partial charge in [0, 0.05) is 12.2 Å². The molecule has 0 aliphatic rings. The van der Waals surface area contributed by atoms with E-state index in [1.54, 1.807) is 24.3 Å². The van der Waals surface area contributed by atoms with Gasteiger partial charge in [-0.2, -0.15) is 15.0 Å². The van der Waals surface area contributed by atoms with Gasteiger partial charge in [0.25, 0.3) is 0 Å². The number of anilines is 3. The summed E-state index contributed by atoms with van der Waals surface area (Å²) in [6, 6.07) is 12.7. The molecular formula is C18H20N6O4S. The average Bonchev–Trinajstić information content (AvgIpc) is 2.68. The highest BCUT2D eigenvalue weighted by atomic mass is 32.2. The normalized spacial score (nSPS) is 11.1. The van der Waals surface area contributed by atoms with Gasteiger partial charge in [0.2, 0.25) is 21.9 Å². The van der Waals surface area contributed by atoms with E-state index in [4.69, 9.17) is 9.88 Å². The van der Waals surface area contributed by atoms with E-state index in [1.165, 1.54) is 24.3 Å². The van der Waals surface area contributed by atoms with Crippen LogP contribution in [0.1, 0.15) is 12.5 Å². The number of aromatic hydroxyl groups is 1. The Hall–Kier alpha value is -3.44. The Balaban J connectivity index is 1.75. The molecule has 3 rings (SSSR count). The van der Waals surface area contributed by atoms with E-state index in [0.29, 0.717) is 18.8 Å². The standard InChI is InChI=1S/C18H20N6O4S/c1-2-28-18-23-16(20-11-12-3-9-15(10-4-12)29(19,26)27)22-17(24-18)21-13-5-7-14(25)8-6-13/h3-10,25H,2,11H2,1H3,(H2,19,26,27)(H2,20,21,22,23,24). The van der Waals surface area contributed by atoms with Gasteiger partial charge < -0.3 is 20.5 Å². The van der Waals surface area contributed by atoms with Crippen LogP contribution in [0, 0.1) is 0 Å². The number of hydrogen-bond acceptors (Lipinski definition) is 9. The Morgan fingerprint density at radius 3 is 2.28 bits per heavy atom. The van der Waals surface area contributed by atoms with Crippen LogP contribution < -0.4 is 20.5 Å². The van der Waals surface area contributed by atoms with Gasteiger partial charge in [0.05, 0.1) is 11.5 Å². The molecule has 0 amide bonds. The lowest BCUT2D eigenvalue weighted by molar-refractivity contribution is 0.312. The van der Waals surface area contributed by atoms with Crippen LogP contribution in [0.5, 0.6) is 11.8 Å². The number of nitrogens with zero attached hydrogens (tertiary/aromatic N) is 3. The van der Waals surface area contributed by atoms with Crippen LogP contribution >= 0.6 is 0 Å². The maximum Gasteiger partial charge on any atom is 0.323 e. The Morgan fingerprint density at radius 1 is 1.00 bits per heavy atom.